The van der Waals surface area contributed by atoms with E-state index in [1.54, 1.807) is 24.3 Å². The minimum atomic E-state index is -0.349. The van der Waals surface area contributed by atoms with Gasteiger partial charge in [0.05, 0.1) is 16.4 Å². The average molecular weight is 372 g/mol. The fourth-order valence-electron chi connectivity index (χ4n) is 2.51. The number of aromatic nitrogens is 2. The van der Waals surface area contributed by atoms with Crippen LogP contribution in [-0.4, -0.2) is 22.2 Å². The molecule has 1 N–H and O–H groups in total. The van der Waals surface area contributed by atoms with Crippen LogP contribution >= 0.6 is 11.6 Å². The van der Waals surface area contributed by atoms with E-state index in [0.29, 0.717) is 34.6 Å². The van der Waals surface area contributed by atoms with E-state index in [0.717, 1.165) is 5.56 Å². The van der Waals surface area contributed by atoms with Crippen LogP contribution in [0, 0.1) is 11.7 Å². The second-order valence-electron chi connectivity index (χ2n) is 6.39. The van der Waals surface area contributed by atoms with Gasteiger partial charge < -0.3 is 5.32 Å². The predicted octanol–water partition coefficient (Wildman–Crippen LogP) is 4.72. The second kappa shape index (κ2) is 7.70. The van der Waals surface area contributed by atoms with E-state index in [1.807, 2.05) is 32.0 Å². The van der Waals surface area contributed by atoms with Gasteiger partial charge in [0.25, 0.3) is 5.91 Å². The standard InChI is InChI=1S/C20H19ClFN3O/c1-13(2)12-23-20(26)19-11-18(16-5-3-4-6-17(16)21)24-25(19)15-9-7-14(22)8-10-15/h3-11,13H,12H2,1-2H3,(H,23,26). The molecule has 2 aromatic carbocycles. The van der Waals surface area contributed by atoms with Crippen LogP contribution in [0.15, 0.2) is 54.6 Å². The molecule has 0 bridgehead atoms. The Labute approximate surface area is 156 Å². The van der Waals surface area contributed by atoms with Gasteiger partial charge in [0.15, 0.2) is 0 Å². The molecule has 3 aromatic rings. The molecule has 0 aliphatic heterocycles. The summed E-state index contributed by atoms with van der Waals surface area (Å²) >= 11 is 6.27. The van der Waals surface area contributed by atoms with Crippen molar-refractivity contribution >= 4 is 17.5 Å². The first kappa shape index (κ1) is 18.1. The quantitative estimate of drug-likeness (QED) is 0.705. The molecule has 4 nitrogen and oxygen atoms in total. The zero-order chi connectivity index (χ0) is 18.7. The highest BCUT2D eigenvalue weighted by atomic mass is 35.5. The van der Waals surface area contributed by atoms with Crippen molar-refractivity contribution in [2.45, 2.75) is 13.8 Å². The Hall–Kier alpha value is -2.66. The summed E-state index contributed by atoms with van der Waals surface area (Å²) in [6.45, 7) is 4.59. The highest BCUT2D eigenvalue weighted by Crippen LogP contribution is 2.28. The van der Waals surface area contributed by atoms with Gasteiger partial charge in [0.2, 0.25) is 0 Å². The molecule has 0 saturated carbocycles. The first-order valence-corrected chi connectivity index (χ1v) is 8.72. The fraction of sp³-hybridized carbons (Fsp3) is 0.200. The van der Waals surface area contributed by atoms with Crippen molar-refractivity contribution in [1.82, 2.24) is 15.1 Å². The van der Waals surface area contributed by atoms with Gasteiger partial charge in [-0.3, -0.25) is 4.79 Å². The molecule has 1 heterocycles. The predicted molar refractivity (Wildman–Crippen MR) is 101 cm³/mol. The monoisotopic (exact) mass is 371 g/mol. The minimum Gasteiger partial charge on any atom is -0.350 e. The first-order valence-electron chi connectivity index (χ1n) is 8.35. The number of nitrogens with zero attached hydrogens (tertiary/aromatic N) is 2. The Balaban J connectivity index is 2.07. The van der Waals surface area contributed by atoms with E-state index in [1.165, 1.54) is 16.8 Å². The van der Waals surface area contributed by atoms with Gasteiger partial charge in [-0.15, -0.1) is 0 Å². The van der Waals surface area contributed by atoms with E-state index < -0.39 is 0 Å². The summed E-state index contributed by atoms with van der Waals surface area (Å²) in [4.78, 5) is 12.7. The maximum absolute atomic E-state index is 13.3. The molecule has 0 fully saturated rings. The Kier molecular flexibility index (Phi) is 5.38. The van der Waals surface area contributed by atoms with E-state index >= 15 is 0 Å². The maximum Gasteiger partial charge on any atom is 0.270 e. The van der Waals surface area contributed by atoms with Crippen LogP contribution in [0.4, 0.5) is 4.39 Å². The number of halogens is 2. The van der Waals surface area contributed by atoms with Crippen LogP contribution in [0.5, 0.6) is 0 Å². The number of hydrogen-bond acceptors (Lipinski definition) is 2. The molecular weight excluding hydrogens is 353 g/mol. The molecule has 0 radical (unpaired) electrons. The number of benzene rings is 2. The number of carbonyl (C=O) groups excluding carboxylic acids is 1. The van der Waals surface area contributed by atoms with Gasteiger partial charge in [0, 0.05) is 12.1 Å². The number of amides is 1. The maximum atomic E-state index is 13.3. The van der Waals surface area contributed by atoms with Crippen LogP contribution < -0.4 is 5.32 Å². The molecule has 0 aliphatic carbocycles. The van der Waals surface area contributed by atoms with Crippen molar-refractivity contribution in [3.8, 4) is 16.9 Å². The Bertz CT molecular complexity index is 919. The smallest absolute Gasteiger partial charge is 0.270 e. The topological polar surface area (TPSA) is 46.9 Å². The van der Waals surface area contributed by atoms with Gasteiger partial charge in [-0.25, -0.2) is 9.07 Å². The third-order valence-corrected chi connectivity index (χ3v) is 4.16. The molecule has 0 saturated heterocycles. The lowest BCUT2D eigenvalue weighted by molar-refractivity contribution is 0.0941. The van der Waals surface area contributed by atoms with Crippen molar-refractivity contribution < 1.29 is 9.18 Å². The molecule has 1 amide bonds. The molecule has 1 aromatic heterocycles. The Morgan fingerprint density at radius 1 is 1.19 bits per heavy atom. The van der Waals surface area contributed by atoms with Crippen molar-refractivity contribution in [1.29, 1.82) is 0 Å². The first-order chi connectivity index (χ1) is 12.5. The molecule has 6 heteroatoms. The largest absolute Gasteiger partial charge is 0.350 e. The highest BCUT2D eigenvalue weighted by Gasteiger charge is 2.18. The molecule has 0 aliphatic rings. The van der Waals surface area contributed by atoms with E-state index in [2.05, 4.69) is 10.4 Å². The lowest BCUT2D eigenvalue weighted by Gasteiger charge is -2.09. The Morgan fingerprint density at radius 3 is 2.54 bits per heavy atom. The van der Waals surface area contributed by atoms with Crippen LogP contribution in [-0.2, 0) is 0 Å². The normalized spacial score (nSPS) is 11.0. The summed E-state index contributed by atoms with van der Waals surface area (Å²) < 4.78 is 14.8. The third-order valence-electron chi connectivity index (χ3n) is 3.83. The van der Waals surface area contributed by atoms with Crippen molar-refractivity contribution in [2.24, 2.45) is 5.92 Å². The van der Waals surface area contributed by atoms with Gasteiger partial charge >= 0.3 is 0 Å². The molecule has 0 spiro atoms. The van der Waals surface area contributed by atoms with Gasteiger partial charge in [0.1, 0.15) is 11.5 Å². The summed E-state index contributed by atoms with van der Waals surface area (Å²) in [6, 6.07) is 14.8. The summed E-state index contributed by atoms with van der Waals surface area (Å²) in [5.41, 5.74) is 2.27. The molecule has 0 unspecified atom stereocenters. The lowest BCUT2D eigenvalue weighted by Crippen LogP contribution is -2.29. The van der Waals surface area contributed by atoms with Gasteiger partial charge in [-0.2, -0.15) is 5.10 Å². The summed E-state index contributed by atoms with van der Waals surface area (Å²) in [6.07, 6.45) is 0. The minimum absolute atomic E-state index is 0.242. The number of rotatable bonds is 5. The van der Waals surface area contributed by atoms with Crippen LogP contribution in [0.25, 0.3) is 16.9 Å². The molecule has 0 atom stereocenters. The third kappa shape index (κ3) is 3.94. The van der Waals surface area contributed by atoms with Crippen LogP contribution in [0.2, 0.25) is 5.02 Å². The molecule has 3 rings (SSSR count). The number of carbonyl (C=O) groups is 1. The lowest BCUT2D eigenvalue weighted by atomic mass is 10.1. The number of hydrogen-bond donors (Lipinski definition) is 1. The highest BCUT2D eigenvalue weighted by molar-refractivity contribution is 6.33. The average Bonchev–Trinajstić information content (AvgIpc) is 3.06. The Morgan fingerprint density at radius 2 is 1.88 bits per heavy atom. The molecule has 134 valence electrons. The number of nitrogens with one attached hydrogen (secondary N) is 1. The summed E-state index contributed by atoms with van der Waals surface area (Å²) in [5, 5.41) is 7.98. The van der Waals surface area contributed by atoms with Gasteiger partial charge in [-0.05, 0) is 42.3 Å². The zero-order valence-corrected chi connectivity index (χ0v) is 15.3. The van der Waals surface area contributed by atoms with Crippen LogP contribution in [0.1, 0.15) is 24.3 Å². The van der Waals surface area contributed by atoms with E-state index in [-0.39, 0.29) is 11.7 Å². The van der Waals surface area contributed by atoms with E-state index in [9.17, 15) is 9.18 Å². The molecule has 26 heavy (non-hydrogen) atoms. The van der Waals surface area contributed by atoms with Crippen molar-refractivity contribution in [3.05, 3.63) is 71.1 Å². The van der Waals surface area contributed by atoms with Crippen molar-refractivity contribution in [2.75, 3.05) is 6.54 Å². The zero-order valence-electron chi connectivity index (χ0n) is 14.5. The summed E-state index contributed by atoms with van der Waals surface area (Å²) in [5.74, 6) is -0.268. The molecular formula is C20H19ClFN3O. The fourth-order valence-corrected chi connectivity index (χ4v) is 2.74. The second-order valence-corrected chi connectivity index (χ2v) is 6.79. The van der Waals surface area contributed by atoms with Crippen LogP contribution in [0.3, 0.4) is 0 Å². The van der Waals surface area contributed by atoms with Crippen molar-refractivity contribution in [3.63, 3.8) is 0 Å². The SMILES string of the molecule is CC(C)CNC(=O)c1cc(-c2ccccc2Cl)nn1-c1ccc(F)cc1. The van der Waals surface area contributed by atoms with E-state index in [4.69, 9.17) is 11.6 Å². The summed E-state index contributed by atoms with van der Waals surface area (Å²) in [7, 11) is 0. The van der Waals surface area contributed by atoms with Gasteiger partial charge in [-0.1, -0.05) is 43.6 Å².